The number of hydrogen-bond acceptors (Lipinski definition) is 0. The normalized spacial score (nSPS) is 17.8. The van der Waals surface area contributed by atoms with Gasteiger partial charge in [0.1, 0.15) is 0 Å². The van der Waals surface area contributed by atoms with Crippen molar-refractivity contribution in [2.24, 2.45) is 5.92 Å². The molecule has 0 saturated heterocycles. The quantitative estimate of drug-likeness (QED) is 0.747. The van der Waals surface area contributed by atoms with Crippen molar-refractivity contribution in [1.29, 1.82) is 0 Å². The minimum atomic E-state index is 0.283. The Labute approximate surface area is 122 Å². The molecular weight excluding hydrogens is 242 g/mol. The summed E-state index contributed by atoms with van der Waals surface area (Å²) < 4.78 is 0. The molecule has 1 fully saturated rings. The zero-order valence-corrected chi connectivity index (χ0v) is 13.1. The van der Waals surface area contributed by atoms with E-state index in [0.29, 0.717) is 0 Å². The zero-order chi connectivity index (χ0) is 14.2. The predicted octanol–water partition coefficient (Wildman–Crippen LogP) is 5.59. The van der Waals surface area contributed by atoms with Gasteiger partial charge in [0, 0.05) is 17.1 Å². The summed E-state index contributed by atoms with van der Waals surface area (Å²) in [5.74, 6) is 0.834. The lowest BCUT2D eigenvalue weighted by Gasteiger charge is -2.37. The van der Waals surface area contributed by atoms with Crippen molar-refractivity contribution in [3.05, 3.63) is 35.5 Å². The van der Waals surface area contributed by atoms with Crippen LogP contribution in [0.2, 0.25) is 0 Å². The highest BCUT2D eigenvalue weighted by Crippen LogP contribution is 2.43. The van der Waals surface area contributed by atoms with Gasteiger partial charge in [0.2, 0.25) is 0 Å². The van der Waals surface area contributed by atoms with E-state index >= 15 is 0 Å². The highest BCUT2D eigenvalue weighted by Gasteiger charge is 2.33. The Bertz CT molecular complexity index is 585. The molecule has 0 spiro atoms. The largest absolute Gasteiger partial charge is 0.361 e. The van der Waals surface area contributed by atoms with Crippen LogP contribution in [0.3, 0.4) is 0 Å². The number of H-pyrrole nitrogens is 1. The lowest BCUT2D eigenvalue weighted by atomic mass is 9.67. The molecule has 1 heterocycles. The molecule has 1 aliphatic rings. The molecule has 1 aliphatic carbocycles. The number of hydrogen-bond donors (Lipinski definition) is 1. The maximum Gasteiger partial charge on any atom is 0.0489 e. The van der Waals surface area contributed by atoms with Crippen molar-refractivity contribution in [2.75, 3.05) is 0 Å². The van der Waals surface area contributed by atoms with Crippen molar-refractivity contribution >= 4 is 10.9 Å². The minimum absolute atomic E-state index is 0.283. The summed E-state index contributed by atoms with van der Waals surface area (Å²) in [6.45, 7) is 7.13. The molecule has 1 saturated carbocycles. The van der Waals surface area contributed by atoms with Gasteiger partial charge in [-0.3, -0.25) is 0 Å². The van der Waals surface area contributed by atoms with Crippen molar-refractivity contribution in [2.45, 2.75) is 64.7 Å². The number of aryl methyl sites for hydroxylation is 1. The van der Waals surface area contributed by atoms with Gasteiger partial charge in [0.25, 0.3) is 0 Å². The third kappa shape index (κ3) is 2.17. The number of rotatable bonds is 3. The van der Waals surface area contributed by atoms with Crippen molar-refractivity contribution in [3.63, 3.8) is 0 Å². The van der Waals surface area contributed by atoms with E-state index in [1.165, 1.54) is 54.1 Å². The summed E-state index contributed by atoms with van der Waals surface area (Å²) in [5, 5.41) is 1.44. The molecule has 1 aromatic carbocycles. The van der Waals surface area contributed by atoms with Gasteiger partial charge >= 0.3 is 0 Å². The van der Waals surface area contributed by atoms with Gasteiger partial charge in [0.05, 0.1) is 0 Å². The van der Waals surface area contributed by atoms with E-state index in [0.717, 1.165) is 12.3 Å². The third-order valence-electron chi connectivity index (χ3n) is 5.50. The average molecular weight is 269 g/mol. The van der Waals surface area contributed by atoms with Gasteiger partial charge < -0.3 is 4.98 Å². The fourth-order valence-electron chi connectivity index (χ4n) is 4.09. The standard InChI is InChI=1S/C19H27N/c1-4-14-9-8-12-16-17(13-20-18(14)16)19(2,3)15-10-6-5-7-11-15/h8-9,12-13,15,20H,4-7,10-11H2,1-3H3. The molecule has 1 N–H and O–H groups in total. The Morgan fingerprint density at radius 2 is 1.90 bits per heavy atom. The van der Waals surface area contributed by atoms with Gasteiger partial charge in [-0.25, -0.2) is 0 Å². The lowest BCUT2D eigenvalue weighted by molar-refractivity contribution is 0.237. The van der Waals surface area contributed by atoms with Gasteiger partial charge in [-0.15, -0.1) is 0 Å². The van der Waals surface area contributed by atoms with E-state index in [1.54, 1.807) is 0 Å². The number of aromatic nitrogens is 1. The van der Waals surface area contributed by atoms with Crippen LogP contribution in [0, 0.1) is 5.92 Å². The lowest BCUT2D eigenvalue weighted by Crippen LogP contribution is -2.30. The number of para-hydroxylation sites is 1. The van der Waals surface area contributed by atoms with Crippen LogP contribution in [-0.2, 0) is 11.8 Å². The molecule has 1 aromatic heterocycles. The monoisotopic (exact) mass is 269 g/mol. The van der Waals surface area contributed by atoms with E-state index in [2.05, 4.69) is 50.2 Å². The van der Waals surface area contributed by atoms with Crippen LogP contribution in [-0.4, -0.2) is 4.98 Å². The molecule has 0 aliphatic heterocycles. The number of fused-ring (bicyclic) bond motifs is 1. The number of benzene rings is 1. The fourth-order valence-corrected chi connectivity index (χ4v) is 4.09. The Balaban J connectivity index is 2.04. The molecule has 20 heavy (non-hydrogen) atoms. The molecular formula is C19H27N. The van der Waals surface area contributed by atoms with Crippen LogP contribution < -0.4 is 0 Å². The maximum absolute atomic E-state index is 3.55. The highest BCUT2D eigenvalue weighted by atomic mass is 14.7. The number of aromatic amines is 1. The second-order valence-corrected chi connectivity index (χ2v) is 6.95. The van der Waals surface area contributed by atoms with Gasteiger partial charge in [-0.2, -0.15) is 0 Å². The topological polar surface area (TPSA) is 15.8 Å². The van der Waals surface area contributed by atoms with Crippen LogP contribution in [0.1, 0.15) is 64.0 Å². The second kappa shape index (κ2) is 5.27. The summed E-state index contributed by atoms with van der Waals surface area (Å²) in [6.07, 6.45) is 10.4. The maximum atomic E-state index is 3.55. The van der Waals surface area contributed by atoms with Crippen LogP contribution >= 0.6 is 0 Å². The molecule has 0 atom stereocenters. The first-order valence-corrected chi connectivity index (χ1v) is 8.24. The third-order valence-corrected chi connectivity index (χ3v) is 5.50. The predicted molar refractivity (Wildman–Crippen MR) is 87.3 cm³/mol. The van der Waals surface area contributed by atoms with Crippen molar-refractivity contribution < 1.29 is 0 Å². The molecule has 3 rings (SSSR count). The van der Waals surface area contributed by atoms with Crippen LogP contribution in [0.25, 0.3) is 10.9 Å². The van der Waals surface area contributed by atoms with E-state index in [-0.39, 0.29) is 5.41 Å². The number of nitrogens with one attached hydrogen (secondary N) is 1. The molecule has 0 radical (unpaired) electrons. The Kier molecular flexibility index (Phi) is 3.62. The first kappa shape index (κ1) is 13.7. The molecule has 108 valence electrons. The molecule has 1 heteroatoms. The smallest absolute Gasteiger partial charge is 0.0489 e. The molecule has 2 aromatic rings. The first-order chi connectivity index (χ1) is 9.64. The SMILES string of the molecule is CCc1cccc2c(C(C)(C)C3CCCCC3)c[nH]c12. The van der Waals surface area contributed by atoms with Gasteiger partial charge in [-0.05, 0) is 41.7 Å². The molecule has 1 nitrogen and oxygen atoms in total. The average Bonchev–Trinajstić information content (AvgIpc) is 2.92. The summed E-state index contributed by atoms with van der Waals surface area (Å²) in [5.41, 5.74) is 4.60. The summed E-state index contributed by atoms with van der Waals surface area (Å²) in [7, 11) is 0. The van der Waals surface area contributed by atoms with E-state index in [4.69, 9.17) is 0 Å². The Hall–Kier alpha value is -1.24. The Morgan fingerprint density at radius 1 is 1.15 bits per heavy atom. The molecule has 0 unspecified atom stereocenters. The van der Waals surface area contributed by atoms with Gasteiger partial charge in [-0.1, -0.05) is 58.2 Å². The summed E-state index contributed by atoms with van der Waals surface area (Å²) >= 11 is 0. The van der Waals surface area contributed by atoms with Crippen LogP contribution in [0.15, 0.2) is 24.4 Å². The van der Waals surface area contributed by atoms with Crippen LogP contribution in [0.5, 0.6) is 0 Å². The van der Waals surface area contributed by atoms with E-state index in [1.807, 2.05) is 0 Å². The Morgan fingerprint density at radius 3 is 2.60 bits per heavy atom. The van der Waals surface area contributed by atoms with E-state index in [9.17, 15) is 0 Å². The van der Waals surface area contributed by atoms with Crippen molar-refractivity contribution in [3.8, 4) is 0 Å². The van der Waals surface area contributed by atoms with Crippen molar-refractivity contribution in [1.82, 2.24) is 4.98 Å². The minimum Gasteiger partial charge on any atom is -0.361 e. The molecule has 0 amide bonds. The first-order valence-electron chi connectivity index (χ1n) is 8.24. The molecule has 0 bridgehead atoms. The zero-order valence-electron chi connectivity index (χ0n) is 13.1. The van der Waals surface area contributed by atoms with E-state index < -0.39 is 0 Å². The van der Waals surface area contributed by atoms with Gasteiger partial charge in [0.15, 0.2) is 0 Å². The summed E-state index contributed by atoms with van der Waals surface area (Å²) in [6, 6.07) is 6.76. The highest BCUT2D eigenvalue weighted by molar-refractivity contribution is 5.87. The van der Waals surface area contributed by atoms with Crippen LogP contribution in [0.4, 0.5) is 0 Å². The summed E-state index contributed by atoms with van der Waals surface area (Å²) in [4.78, 5) is 3.55. The second-order valence-electron chi connectivity index (χ2n) is 6.95. The fraction of sp³-hybridized carbons (Fsp3) is 0.579.